The summed E-state index contributed by atoms with van der Waals surface area (Å²) < 4.78 is 0. The molecule has 1 aromatic heterocycles. The topological polar surface area (TPSA) is 66.3 Å². The second kappa shape index (κ2) is 4.15. The zero-order chi connectivity index (χ0) is 10.7. The van der Waals surface area contributed by atoms with Crippen LogP contribution in [0.1, 0.15) is 22.0 Å². The van der Waals surface area contributed by atoms with Crippen LogP contribution in [0.2, 0.25) is 0 Å². The van der Waals surface area contributed by atoms with E-state index < -0.39 is 5.97 Å². The van der Waals surface area contributed by atoms with Gasteiger partial charge in [-0.05, 0) is 27.1 Å². The molecule has 1 heterocycles. The maximum absolute atomic E-state index is 10.7. The van der Waals surface area contributed by atoms with E-state index in [2.05, 4.69) is 9.97 Å². The molecule has 76 valence electrons. The van der Waals surface area contributed by atoms with Crippen LogP contribution in [0.15, 0.2) is 6.07 Å². The number of hydrogen-bond acceptors (Lipinski definition) is 4. The van der Waals surface area contributed by atoms with Gasteiger partial charge in [0.15, 0.2) is 5.69 Å². The molecule has 1 rings (SSSR count). The highest BCUT2D eigenvalue weighted by atomic mass is 16.4. The molecule has 0 aliphatic rings. The molecule has 0 aliphatic carbocycles. The predicted octanol–water partition coefficient (Wildman–Crippen LogP) is 0.545. The molecule has 1 aromatic rings. The molecule has 5 heteroatoms. The van der Waals surface area contributed by atoms with E-state index in [0.717, 1.165) is 0 Å². The molecule has 0 spiro atoms. The molecule has 0 atom stereocenters. The largest absolute Gasteiger partial charge is 0.477 e. The van der Waals surface area contributed by atoms with Crippen LogP contribution in [0.4, 0.5) is 0 Å². The van der Waals surface area contributed by atoms with Gasteiger partial charge in [-0.2, -0.15) is 0 Å². The summed E-state index contributed by atoms with van der Waals surface area (Å²) >= 11 is 0. The number of carboxylic acids is 1. The Bertz CT molecular complexity index is 350. The highest BCUT2D eigenvalue weighted by Gasteiger charge is 2.08. The Labute approximate surface area is 82.4 Å². The van der Waals surface area contributed by atoms with E-state index in [1.165, 1.54) is 6.07 Å². The third kappa shape index (κ3) is 2.77. The van der Waals surface area contributed by atoms with Crippen LogP contribution in [0.3, 0.4) is 0 Å². The molecule has 0 aliphatic heterocycles. The van der Waals surface area contributed by atoms with Crippen LogP contribution in [0.5, 0.6) is 0 Å². The van der Waals surface area contributed by atoms with Gasteiger partial charge in [0.2, 0.25) is 0 Å². The van der Waals surface area contributed by atoms with E-state index >= 15 is 0 Å². The van der Waals surface area contributed by atoms with Crippen molar-refractivity contribution in [2.45, 2.75) is 13.5 Å². The van der Waals surface area contributed by atoms with E-state index in [1.807, 2.05) is 19.0 Å². The molecule has 14 heavy (non-hydrogen) atoms. The molecule has 1 N–H and O–H groups in total. The second-order valence-electron chi connectivity index (χ2n) is 3.35. The molecule has 0 bridgehead atoms. The lowest BCUT2D eigenvalue weighted by Crippen LogP contribution is -2.15. The van der Waals surface area contributed by atoms with Crippen LogP contribution < -0.4 is 0 Å². The molecule has 0 saturated carbocycles. The standard InChI is InChI=1S/C9H13N3O2/c1-6-4-7(9(13)14)11-8(10-6)5-12(2)3/h4H,5H2,1-3H3,(H,13,14). The van der Waals surface area contributed by atoms with Crippen molar-refractivity contribution >= 4 is 5.97 Å². The normalized spacial score (nSPS) is 10.6. The number of nitrogens with zero attached hydrogens (tertiary/aromatic N) is 3. The SMILES string of the molecule is Cc1cc(C(=O)O)nc(CN(C)C)n1. The summed E-state index contributed by atoms with van der Waals surface area (Å²) in [4.78, 5) is 20.6. The van der Waals surface area contributed by atoms with Gasteiger partial charge in [-0.25, -0.2) is 14.8 Å². The highest BCUT2D eigenvalue weighted by Crippen LogP contribution is 2.02. The Hall–Kier alpha value is -1.49. The van der Waals surface area contributed by atoms with Gasteiger partial charge in [0.25, 0.3) is 0 Å². The van der Waals surface area contributed by atoms with E-state index in [0.29, 0.717) is 18.1 Å². The molecule has 0 fully saturated rings. The first kappa shape index (κ1) is 10.6. The lowest BCUT2D eigenvalue weighted by molar-refractivity contribution is 0.0689. The smallest absolute Gasteiger partial charge is 0.354 e. The van der Waals surface area contributed by atoms with Crippen LogP contribution in [0, 0.1) is 6.92 Å². The maximum atomic E-state index is 10.7. The van der Waals surface area contributed by atoms with Gasteiger partial charge >= 0.3 is 5.97 Å². The van der Waals surface area contributed by atoms with Crippen LogP contribution >= 0.6 is 0 Å². The summed E-state index contributed by atoms with van der Waals surface area (Å²) in [6, 6.07) is 1.46. The number of hydrogen-bond donors (Lipinski definition) is 1. The van der Waals surface area contributed by atoms with Gasteiger partial charge < -0.3 is 10.0 Å². The van der Waals surface area contributed by atoms with Crippen LogP contribution in [-0.4, -0.2) is 40.0 Å². The summed E-state index contributed by atoms with van der Waals surface area (Å²) in [5, 5.41) is 8.76. The van der Waals surface area contributed by atoms with Crippen molar-refractivity contribution < 1.29 is 9.90 Å². The minimum Gasteiger partial charge on any atom is -0.477 e. The molecule has 0 unspecified atom stereocenters. The van der Waals surface area contributed by atoms with E-state index in [1.54, 1.807) is 6.92 Å². The number of aryl methyl sites for hydroxylation is 1. The second-order valence-corrected chi connectivity index (χ2v) is 3.35. The minimum atomic E-state index is -1.02. The van der Waals surface area contributed by atoms with Gasteiger partial charge in [-0.1, -0.05) is 0 Å². The monoisotopic (exact) mass is 195 g/mol. The third-order valence-electron chi connectivity index (χ3n) is 1.58. The van der Waals surface area contributed by atoms with Gasteiger partial charge in [0, 0.05) is 5.69 Å². The van der Waals surface area contributed by atoms with Gasteiger partial charge in [-0.15, -0.1) is 0 Å². The number of aromatic carboxylic acids is 1. The Morgan fingerprint density at radius 2 is 2.14 bits per heavy atom. The summed E-state index contributed by atoms with van der Waals surface area (Å²) in [7, 11) is 3.76. The van der Waals surface area contributed by atoms with Crippen LogP contribution in [-0.2, 0) is 6.54 Å². The molecule has 0 saturated heterocycles. The van der Waals surface area contributed by atoms with E-state index in [4.69, 9.17) is 5.11 Å². The van der Waals surface area contributed by atoms with Crippen molar-refractivity contribution in [2.75, 3.05) is 14.1 Å². The van der Waals surface area contributed by atoms with Crippen molar-refractivity contribution in [2.24, 2.45) is 0 Å². The van der Waals surface area contributed by atoms with Crippen molar-refractivity contribution in [1.82, 2.24) is 14.9 Å². The average molecular weight is 195 g/mol. The predicted molar refractivity (Wildman–Crippen MR) is 51.1 cm³/mol. The first-order chi connectivity index (χ1) is 6.49. The Morgan fingerprint density at radius 1 is 1.50 bits per heavy atom. The zero-order valence-corrected chi connectivity index (χ0v) is 8.48. The van der Waals surface area contributed by atoms with Crippen molar-refractivity contribution in [3.8, 4) is 0 Å². The van der Waals surface area contributed by atoms with Gasteiger partial charge in [0.1, 0.15) is 5.82 Å². The number of carbonyl (C=O) groups is 1. The van der Waals surface area contributed by atoms with Crippen molar-refractivity contribution in [3.05, 3.63) is 23.3 Å². The van der Waals surface area contributed by atoms with E-state index in [9.17, 15) is 4.79 Å². The minimum absolute atomic E-state index is 0.0503. The molecular weight excluding hydrogens is 182 g/mol. The Balaban J connectivity index is 3.01. The summed E-state index contributed by atoms with van der Waals surface area (Å²) in [5.74, 6) is -0.483. The van der Waals surface area contributed by atoms with Gasteiger partial charge in [-0.3, -0.25) is 0 Å². The molecular formula is C9H13N3O2. The molecule has 0 amide bonds. The molecule has 0 aromatic carbocycles. The lowest BCUT2D eigenvalue weighted by Gasteiger charge is -2.08. The Kier molecular flexibility index (Phi) is 3.14. The number of aromatic nitrogens is 2. The number of carboxylic acid groups (broad SMARTS) is 1. The van der Waals surface area contributed by atoms with Crippen molar-refractivity contribution in [3.63, 3.8) is 0 Å². The molecule has 0 radical (unpaired) electrons. The summed E-state index contributed by atoms with van der Waals surface area (Å²) in [6.07, 6.45) is 0. The number of rotatable bonds is 3. The third-order valence-corrected chi connectivity index (χ3v) is 1.58. The summed E-state index contributed by atoms with van der Waals surface area (Å²) in [5.41, 5.74) is 0.726. The average Bonchev–Trinajstić information content (AvgIpc) is 2.01. The quantitative estimate of drug-likeness (QED) is 0.762. The Morgan fingerprint density at radius 3 is 2.64 bits per heavy atom. The van der Waals surface area contributed by atoms with Crippen molar-refractivity contribution in [1.29, 1.82) is 0 Å². The summed E-state index contributed by atoms with van der Waals surface area (Å²) in [6.45, 7) is 2.30. The molecule has 5 nitrogen and oxygen atoms in total. The first-order valence-corrected chi connectivity index (χ1v) is 4.21. The maximum Gasteiger partial charge on any atom is 0.354 e. The first-order valence-electron chi connectivity index (χ1n) is 4.21. The fourth-order valence-corrected chi connectivity index (χ4v) is 1.09. The fraction of sp³-hybridized carbons (Fsp3) is 0.444. The fourth-order valence-electron chi connectivity index (χ4n) is 1.09. The zero-order valence-electron chi connectivity index (χ0n) is 8.48. The van der Waals surface area contributed by atoms with Gasteiger partial charge in [0.05, 0.1) is 6.54 Å². The van der Waals surface area contributed by atoms with Crippen LogP contribution in [0.25, 0.3) is 0 Å². The highest BCUT2D eigenvalue weighted by molar-refractivity contribution is 5.85. The van der Waals surface area contributed by atoms with E-state index in [-0.39, 0.29) is 5.69 Å². The lowest BCUT2D eigenvalue weighted by atomic mass is 10.3.